The van der Waals surface area contributed by atoms with Crippen molar-refractivity contribution in [3.8, 4) is 0 Å². The molecule has 0 saturated heterocycles. The van der Waals surface area contributed by atoms with Gasteiger partial charge in [-0.2, -0.15) is 0 Å². The van der Waals surface area contributed by atoms with Crippen LogP contribution in [0, 0.1) is 0 Å². The fourth-order valence-corrected chi connectivity index (χ4v) is 2.42. The quantitative estimate of drug-likeness (QED) is 0.746. The minimum atomic E-state index is 0.802. The minimum Gasteiger partial charge on any atom is -0.255 e. The van der Waals surface area contributed by atoms with Crippen LogP contribution in [0.5, 0.6) is 0 Å². The van der Waals surface area contributed by atoms with Crippen molar-refractivity contribution in [2.24, 2.45) is 0 Å². The molecule has 3 rings (SSSR count). The van der Waals surface area contributed by atoms with Gasteiger partial charge in [0.1, 0.15) is 0 Å². The summed E-state index contributed by atoms with van der Waals surface area (Å²) in [6, 6.07) is 8.60. The fraction of sp³-hybridized carbons (Fsp3) is 0.250. The molecule has 1 aliphatic carbocycles. The van der Waals surface area contributed by atoms with E-state index in [1.807, 2.05) is 12.3 Å². The van der Waals surface area contributed by atoms with Crippen molar-refractivity contribution < 1.29 is 0 Å². The summed E-state index contributed by atoms with van der Waals surface area (Å²) in [5.41, 5.74) is 2.52. The van der Waals surface area contributed by atoms with Gasteiger partial charge < -0.3 is 0 Å². The monoisotopic (exact) mass is 247 g/mol. The summed E-state index contributed by atoms with van der Waals surface area (Å²) in [4.78, 5) is 4.35. The van der Waals surface area contributed by atoms with Crippen molar-refractivity contribution in [3.05, 3.63) is 40.5 Å². The number of pyridine rings is 1. The van der Waals surface area contributed by atoms with E-state index >= 15 is 0 Å². The Bertz CT molecular complexity index is 489. The lowest BCUT2D eigenvalue weighted by Gasteiger charge is -2.03. The highest BCUT2D eigenvalue weighted by molar-refractivity contribution is 9.10. The highest BCUT2D eigenvalue weighted by Crippen LogP contribution is 2.42. The molecule has 2 heteroatoms. The molecule has 0 bridgehead atoms. The van der Waals surface area contributed by atoms with Crippen LogP contribution < -0.4 is 0 Å². The van der Waals surface area contributed by atoms with E-state index in [2.05, 4.69) is 39.1 Å². The van der Waals surface area contributed by atoms with Gasteiger partial charge in [-0.3, -0.25) is 4.98 Å². The van der Waals surface area contributed by atoms with Crippen LogP contribution in [0.2, 0.25) is 0 Å². The first-order valence-corrected chi connectivity index (χ1v) is 5.68. The predicted molar refractivity (Wildman–Crippen MR) is 61.4 cm³/mol. The van der Waals surface area contributed by atoms with Gasteiger partial charge in [0, 0.05) is 16.1 Å². The zero-order valence-electron chi connectivity index (χ0n) is 7.70. The second-order valence-corrected chi connectivity index (χ2v) is 4.71. The van der Waals surface area contributed by atoms with Crippen LogP contribution in [0.15, 0.2) is 34.9 Å². The van der Waals surface area contributed by atoms with Crippen molar-refractivity contribution in [1.82, 2.24) is 4.98 Å². The van der Waals surface area contributed by atoms with E-state index in [0.29, 0.717) is 0 Å². The smallest absolute Gasteiger partial charge is 0.0844 e. The lowest BCUT2D eigenvalue weighted by Crippen LogP contribution is -1.84. The largest absolute Gasteiger partial charge is 0.255 e. The van der Waals surface area contributed by atoms with Gasteiger partial charge in [-0.25, -0.2) is 0 Å². The van der Waals surface area contributed by atoms with Gasteiger partial charge in [0.15, 0.2) is 0 Å². The number of rotatable bonds is 1. The van der Waals surface area contributed by atoms with Gasteiger partial charge in [-0.05, 0) is 58.5 Å². The Labute approximate surface area is 91.3 Å². The molecular formula is C12H10BrN. The SMILES string of the molecule is Brc1cc(C2CC2)cc2cccnc12. The van der Waals surface area contributed by atoms with Crippen molar-refractivity contribution in [2.45, 2.75) is 18.8 Å². The Kier molecular flexibility index (Phi) is 1.84. The number of nitrogens with zero attached hydrogens (tertiary/aromatic N) is 1. The van der Waals surface area contributed by atoms with Gasteiger partial charge in [0.2, 0.25) is 0 Å². The molecule has 0 radical (unpaired) electrons. The van der Waals surface area contributed by atoms with Gasteiger partial charge >= 0.3 is 0 Å². The Balaban J connectivity index is 2.27. The van der Waals surface area contributed by atoms with Crippen LogP contribution in [-0.4, -0.2) is 4.98 Å². The lowest BCUT2D eigenvalue weighted by atomic mass is 10.1. The second kappa shape index (κ2) is 3.06. The molecule has 1 saturated carbocycles. The molecule has 2 aromatic rings. The zero-order valence-corrected chi connectivity index (χ0v) is 9.29. The van der Waals surface area contributed by atoms with Crippen LogP contribution in [0.25, 0.3) is 10.9 Å². The number of aromatic nitrogens is 1. The second-order valence-electron chi connectivity index (χ2n) is 3.85. The molecule has 0 spiro atoms. The third-order valence-electron chi connectivity index (χ3n) is 2.73. The Morgan fingerprint density at radius 2 is 2.14 bits per heavy atom. The molecule has 14 heavy (non-hydrogen) atoms. The molecule has 70 valence electrons. The number of benzene rings is 1. The van der Waals surface area contributed by atoms with E-state index in [0.717, 1.165) is 15.9 Å². The summed E-state index contributed by atoms with van der Waals surface area (Å²) in [5, 5.41) is 1.24. The van der Waals surface area contributed by atoms with Crippen LogP contribution in [-0.2, 0) is 0 Å². The van der Waals surface area contributed by atoms with E-state index in [1.54, 1.807) is 0 Å². The van der Waals surface area contributed by atoms with Crippen LogP contribution in [0.3, 0.4) is 0 Å². The van der Waals surface area contributed by atoms with E-state index in [1.165, 1.54) is 23.8 Å². The maximum Gasteiger partial charge on any atom is 0.0844 e. The van der Waals surface area contributed by atoms with E-state index < -0.39 is 0 Å². The van der Waals surface area contributed by atoms with Gasteiger partial charge in [0.25, 0.3) is 0 Å². The van der Waals surface area contributed by atoms with Crippen molar-refractivity contribution >= 4 is 26.8 Å². The molecule has 0 unspecified atom stereocenters. The number of fused-ring (bicyclic) bond motifs is 1. The molecular weight excluding hydrogens is 238 g/mol. The molecule has 0 N–H and O–H groups in total. The maximum atomic E-state index is 4.35. The zero-order chi connectivity index (χ0) is 9.54. The molecule has 1 aliphatic rings. The molecule has 0 atom stereocenters. The van der Waals surface area contributed by atoms with E-state index in [4.69, 9.17) is 0 Å². The summed E-state index contributed by atoms with van der Waals surface area (Å²) in [5.74, 6) is 0.802. The topological polar surface area (TPSA) is 12.9 Å². The average molecular weight is 248 g/mol. The number of halogens is 1. The van der Waals surface area contributed by atoms with Crippen molar-refractivity contribution in [3.63, 3.8) is 0 Å². The summed E-state index contributed by atoms with van der Waals surface area (Å²) in [6.45, 7) is 0. The molecule has 1 heterocycles. The van der Waals surface area contributed by atoms with Crippen LogP contribution >= 0.6 is 15.9 Å². The first-order chi connectivity index (χ1) is 6.84. The van der Waals surface area contributed by atoms with Crippen LogP contribution in [0.4, 0.5) is 0 Å². The third-order valence-corrected chi connectivity index (χ3v) is 3.33. The number of hydrogen-bond acceptors (Lipinski definition) is 1. The highest BCUT2D eigenvalue weighted by Gasteiger charge is 2.24. The first kappa shape index (κ1) is 8.42. The molecule has 1 aromatic carbocycles. The standard InChI is InChI=1S/C12H10BrN/c13-11-7-10(8-3-4-8)6-9-2-1-5-14-12(9)11/h1-2,5-8H,3-4H2. The van der Waals surface area contributed by atoms with E-state index in [-0.39, 0.29) is 0 Å². The van der Waals surface area contributed by atoms with Crippen molar-refractivity contribution in [2.75, 3.05) is 0 Å². The average Bonchev–Trinajstić information content (AvgIpc) is 3.01. The Morgan fingerprint density at radius 3 is 2.93 bits per heavy atom. The molecule has 1 nitrogen and oxygen atoms in total. The Morgan fingerprint density at radius 1 is 1.29 bits per heavy atom. The number of hydrogen-bond donors (Lipinski definition) is 0. The summed E-state index contributed by atoms with van der Waals surface area (Å²) >= 11 is 3.58. The Hall–Kier alpha value is -0.890. The minimum absolute atomic E-state index is 0.802. The summed E-state index contributed by atoms with van der Waals surface area (Å²) in [7, 11) is 0. The fourth-order valence-electron chi connectivity index (χ4n) is 1.82. The lowest BCUT2D eigenvalue weighted by molar-refractivity contribution is 1.13. The van der Waals surface area contributed by atoms with Crippen molar-refractivity contribution in [1.29, 1.82) is 0 Å². The van der Waals surface area contributed by atoms with E-state index in [9.17, 15) is 0 Å². The normalized spacial score (nSPS) is 16.1. The molecule has 1 fully saturated rings. The van der Waals surface area contributed by atoms with Gasteiger partial charge in [-0.15, -0.1) is 0 Å². The third kappa shape index (κ3) is 1.34. The first-order valence-electron chi connectivity index (χ1n) is 4.89. The summed E-state index contributed by atoms with van der Waals surface area (Å²) < 4.78 is 1.12. The highest BCUT2D eigenvalue weighted by atomic mass is 79.9. The maximum absolute atomic E-state index is 4.35. The van der Waals surface area contributed by atoms with Gasteiger partial charge in [-0.1, -0.05) is 6.07 Å². The van der Waals surface area contributed by atoms with Gasteiger partial charge in [0.05, 0.1) is 5.52 Å². The molecule has 0 aliphatic heterocycles. The summed E-state index contributed by atoms with van der Waals surface area (Å²) in [6.07, 6.45) is 4.53. The predicted octanol–water partition coefficient (Wildman–Crippen LogP) is 3.87. The molecule has 0 amide bonds. The van der Waals surface area contributed by atoms with Crippen LogP contribution in [0.1, 0.15) is 24.3 Å². The molecule has 1 aromatic heterocycles.